The Kier molecular flexibility index (Phi) is 25.0. The molecule has 32 heteroatoms. The van der Waals surface area contributed by atoms with E-state index in [0.29, 0.717) is 149 Å². The van der Waals surface area contributed by atoms with Crippen LogP contribution in [0.2, 0.25) is 5.02 Å². The van der Waals surface area contributed by atoms with Gasteiger partial charge in [0, 0.05) is 84.8 Å². The van der Waals surface area contributed by atoms with Crippen molar-refractivity contribution in [3.8, 4) is 29.5 Å². The molecule has 29 nitrogen and oxygen atoms in total. The zero-order valence-corrected chi connectivity index (χ0v) is 61.9. The summed E-state index contributed by atoms with van der Waals surface area (Å²) in [6.07, 6.45) is 4.31. The van der Waals surface area contributed by atoms with Gasteiger partial charge in [0.2, 0.25) is 23.8 Å². The zero-order valence-electron chi connectivity index (χ0n) is 59.5. The molecule has 12 rings (SSSR count). The van der Waals surface area contributed by atoms with Gasteiger partial charge in [-0.25, -0.2) is 19.9 Å². The summed E-state index contributed by atoms with van der Waals surface area (Å²) >= 11 is 8.71. The van der Waals surface area contributed by atoms with Crippen LogP contribution in [0.15, 0.2) is 139 Å². The molecule has 12 aromatic rings. The lowest BCUT2D eigenvalue weighted by Crippen LogP contribution is -2.22. The number of carbonyl (C=O) groups is 4. The number of thioether (sulfide) groups is 1. The Morgan fingerprint density at radius 3 is 1.12 bits per heavy atom. The predicted octanol–water partition coefficient (Wildman–Crippen LogP) is 11.0. The van der Waals surface area contributed by atoms with Crippen molar-refractivity contribution in [1.82, 2.24) is 79.0 Å². The highest BCUT2D eigenvalue weighted by Crippen LogP contribution is 2.25. The first-order valence-electron chi connectivity index (χ1n) is 32.7. The monoisotopic (exact) mass is 1460 g/mol. The van der Waals surface area contributed by atoms with E-state index in [0.717, 1.165) is 4.90 Å². The number of nitrogens with one attached hydrogen (secondary N) is 8. The summed E-state index contributed by atoms with van der Waals surface area (Å²) in [7, 11) is 1.51. The Morgan fingerprint density at radius 1 is 0.452 bits per heavy atom. The SMILES string of the molecule is CCc1c(C)nc(-n2nc(C)cc2NC(=O)c2ccc(Cl)cc2)[nH]c1=O.CCc1c(C)nc(-n2nc(C)cc2NC(=O)c2ccccc2OC)[nH]c1=O.CCc1c(C)nc(-n2nc(C)cc2NC(=O)c2ccccc2SC)[nH]c1=O.CCc1c(C)nc(-n2nc(C)cc2NC(=O)c2cccs2)[nH]c1=O. The molecule has 0 aliphatic rings. The summed E-state index contributed by atoms with van der Waals surface area (Å²) in [6.45, 7) is 22.0. The fourth-order valence-electron chi connectivity index (χ4n) is 10.9. The molecule has 0 saturated heterocycles. The number of halogens is 1. The van der Waals surface area contributed by atoms with Crippen molar-refractivity contribution < 1.29 is 23.9 Å². The van der Waals surface area contributed by atoms with E-state index in [-0.39, 0.29) is 69.7 Å². The molecule has 9 aromatic heterocycles. The van der Waals surface area contributed by atoms with Crippen LogP contribution in [0.4, 0.5) is 23.3 Å². The molecule has 0 atom stereocenters. The third-order valence-corrected chi connectivity index (χ3v) is 17.8. The third-order valence-electron chi connectivity index (χ3n) is 15.9. The minimum Gasteiger partial charge on any atom is -0.496 e. The average molecular weight is 1470 g/mol. The molecule has 538 valence electrons. The molecular formula is C72H77ClN20O9S2. The number of hydrogen-bond donors (Lipinski definition) is 8. The van der Waals surface area contributed by atoms with Crippen LogP contribution in [0, 0.1) is 55.4 Å². The standard InChI is InChI=1S/C19H21N5O3.C19H21N5O2S.C18H18ClN5O2.C16H17N5O2S/c2*1-5-13-12(3)20-19(22-17(13)25)24-16(10-11(2)23-24)21-18(26)14-8-6-7-9-15(14)27-4;1-4-14-11(3)20-18(22-17(14)26)24-15(9-10(2)23-24)21-16(25)12-5-7-13(19)8-6-12;1-4-11-10(3)17-16(19-14(11)22)21-13(8-9(2)20-21)18-15(23)12-6-5-7-24-12/h2*6-10H,5H2,1-4H3,(H,21,26)(H,20,22,25);5-9H,4H2,1-3H3,(H,21,25)(H,20,22,26);5-8H,4H2,1-3H3,(H,18,23)(H,17,19,22). The number of para-hydroxylation sites is 1. The number of anilines is 4. The van der Waals surface area contributed by atoms with Gasteiger partial charge in [0.15, 0.2) is 0 Å². The van der Waals surface area contributed by atoms with Gasteiger partial charge in [-0.1, -0.05) is 69.6 Å². The van der Waals surface area contributed by atoms with Crippen molar-refractivity contribution in [2.75, 3.05) is 34.6 Å². The lowest BCUT2D eigenvalue weighted by molar-refractivity contribution is 0.101. The molecule has 0 aliphatic heterocycles. The number of aromatic nitrogens is 16. The van der Waals surface area contributed by atoms with E-state index in [1.54, 1.807) is 126 Å². The van der Waals surface area contributed by atoms with Gasteiger partial charge < -0.3 is 26.0 Å². The Bertz CT molecular complexity index is 5230. The molecular weight excluding hydrogens is 1390 g/mol. The van der Waals surface area contributed by atoms with Gasteiger partial charge >= 0.3 is 0 Å². The normalized spacial score (nSPS) is 10.8. The summed E-state index contributed by atoms with van der Waals surface area (Å²) < 4.78 is 11.0. The first-order valence-corrected chi connectivity index (χ1v) is 35.2. The average Bonchev–Trinajstić information content (AvgIpc) is 1.60. The van der Waals surface area contributed by atoms with E-state index in [4.69, 9.17) is 16.3 Å². The van der Waals surface area contributed by atoms with Crippen LogP contribution in [0.5, 0.6) is 5.75 Å². The number of aryl methyl sites for hydroxylation is 8. The van der Waals surface area contributed by atoms with Crippen LogP contribution in [0.3, 0.4) is 0 Å². The molecule has 0 fully saturated rings. The maximum atomic E-state index is 12.8. The van der Waals surface area contributed by atoms with E-state index in [9.17, 15) is 38.4 Å². The number of amides is 4. The van der Waals surface area contributed by atoms with Gasteiger partial charge in [-0.3, -0.25) is 58.3 Å². The first-order chi connectivity index (χ1) is 49.8. The highest BCUT2D eigenvalue weighted by atomic mass is 35.5. The number of nitrogens with zero attached hydrogens (tertiary/aromatic N) is 12. The summed E-state index contributed by atoms with van der Waals surface area (Å²) in [5.41, 5.74) is 8.48. The van der Waals surface area contributed by atoms with Crippen molar-refractivity contribution in [3.05, 3.63) is 250 Å². The molecule has 0 saturated carbocycles. The summed E-state index contributed by atoms with van der Waals surface area (Å²) in [4.78, 5) is 129. The van der Waals surface area contributed by atoms with Crippen LogP contribution < -0.4 is 48.2 Å². The number of methoxy groups -OCH3 is 1. The van der Waals surface area contributed by atoms with Gasteiger partial charge in [0.1, 0.15) is 29.0 Å². The highest BCUT2D eigenvalue weighted by molar-refractivity contribution is 7.98. The maximum Gasteiger partial charge on any atom is 0.266 e. The van der Waals surface area contributed by atoms with E-state index in [2.05, 4.69) is 81.5 Å². The van der Waals surface area contributed by atoms with E-state index >= 15 is 0 Å². The van der Waals surface area contributed by atoms with Crippen molar-refractivity contribution in [2.24, 2.45) is 0 Å². The lowest BCUT2D eigenvalue weighted by Gasteiger charge is -2.11. The second kappa shape index (κ2) is 34.1. The van der Waals surface area contributed by atoms with Crippen LogP contribution in [-0.4, -0.2) is 116 Å². The number of carbonyl (C=O) groups excluding carboxylic acids is 4. The van der Waals surface area contributed by atoms with Crippen molar-refractivity contribution in [2.45, 2.75) is 114 Å². The van der Waals surface area contributed by atoms with Gasteiger partial charge in [-0.05, 0) is 147 Å². The zero-order chi connectivity index (χ0) is 75.2. The van der Waals surface area contributed by atoms with Gasteiger partial charge in [-0.2, -0.15) is 39.1 Å². The molecule has 3 aromatic carbocycles. The van der Waals surface area contributed by atoms with Crippen molar-refractivity contribution in [1.29, 1.82) is 0 Å². The van der Waals surface area contributed by atoms with Crippen LogP contribution in [-0.2, 0) is 25.7 Å². The number of thiophene rings is 1. The topological polar surface area (TPSA) is 380 Å². The van der Waals surface area contributed by atoms with E-state index in [1.807, 2.05) is 77.4 Å². The molecule has 104 heavy (non-hydrogen) atoms. The molecule has 4 amide bonds. The molecule has 0 aliphatic carbocycles. The number of aromatic amines is 4. The summed E-state index contributed by atoms with van der Waals surface area (Å²) in [6, 6.07) is 31.3. The second-order valence-corrected chi connectivity index (χ2v) is 25.5. The second-order valence-electron chi connectivity index (χ2n) is 23.3. The Hall–Kier alpha value is -12.0. The van der Waals surface area contributed by atoms with Gasteiger partial charge in [0.25, 0.3) is 45.9 Å². The molecule has 0 spiro atoms. The Morgan fingerprint density at radius 2 is 0.788 bits per heavy atom. The lowest BCUT2D eigenvalue weighted by atomic mass is 10.2. The number of benzene rings is 3. The van der Waals surface area contributed by atoms with Crippen LogP contribution >= 0.6 is 34.7 Å². The van der Waals surface area contributed by atoms with Gasteiger partial charge in [0.05, 0.1) is 45.9 Å². The maximum absolute atomic E-state index is 12.8. The largest absolute Gasteiger partial charge is 0.496 e. The third kappa shape index (κ3) is 18.0. The molecule has 9 heterocycles. The number of hydrogen-bond acceptors (Lipinski definition) is 19. The van der Waals surface area contributed by atoms with Gasteiger partial charge in [-0.15, -0.1) is 23.1 Å². The summed E-state index contributed by atoms with van der Waals surface area (Å²) in [5.74, 6) is 2.10. The Balaban J connectivity index is 0.000000161. The Labute approximate surface area is 609 Å². The predicted molar refractivity (Wildman–Crippen MR) is 402 cm³/mol. The smallest absolute Gasteiger partial charge is 0.266 e. The molecule has 0 bridgehead atoms. The summed E-state index contributed by atoms with van der Waals surface area (Å²) in [5, 5.41) is 31.0. The fourth-order valence-corrected chi connectivity index (χ4v) is 12.2. The minimum atomic E-state index is -0.349. The number of ether oxygens (including phenoxy) is 1. The quantitative estimate of drug-likeness (QED) is 0.0370. The molecule has 0 radical (unpaired) electrons. The van der Waals surface area contributed by atoms with Crippen molar-refractivity contribution in [3.63, 3.8) is 0 Å². The van der Waals surface area contributed by atoms with Crippen LogP contribution in [0.1, 0.15) is 136 Å². The molecule has 8 N–H and O–H groups in total. The van der Waals surface area contributed by atoms with Crippen molar-refractivity contribution >= 4 is 81.6 Å². The number of rotatable bonds is 18. The highest BCUT2D eigenvalue weighted by Gasteiger charge is 2.22. The van der Waals surface area contributed by atoms with Crippen LogP contribution in [0.25, 0.3) is 23.8 Å². The molecule has 0 unspecified atom stereocenters. The fraction of sp³-hybridized carbons (Fsp3) is 0.250. The first kappa shape index (κ1) is 76.2. The van der Waals surface area contributed by atoms with E-state index < -0.39 is 0 Å². The minimum absolute atomic E-state index is 0.191. The van der Waals surface area contributed by atoms with E-state index in [1.165, 1.54) is 48.9 Å². The number of H-pyrrole nitrogens is 4.